The zero-order chi connectivity index (χ0) is 29.5. The summed E-state index contributed by atoms with van der Waals surface area (Å²) in [6.45, 7) is 43.0. The van der Waals surface area contributed by atoms with Gasteiger partial charge in [0.2, 0.25) is 0 Å². The molecule has 0 heterocycles. The first-order valence-electron chi connectivity index (χ1n) is 15.4. The van der Waals surface area contributed by atoms with Crippen LogP contribution in [-0.2, 0) is 0 Å². The lowest BCUT2D eigenvalue weighted by Gasteiger charge is -2.38. The summed E-state index contributed by atoms with van der Waals surface area (Å²) in [5, 5.41) is 0. The summed E-state index contributed by atoms with van der Waals surface area (Å²) in [5.74, 6) is 11.4. The highest BCUT2D eigenvalue weighted by Crippen LogP contribution is 2.43. The van der Waals surface area contributed by atoms with Crippen molar-refractivity contribution in [2.75, 3.05) is 0 Å². The molecule has 0 rings (SSSR count). The van der Waals surface area contributed by atoms with Crippen LogP contribution in [-0.4, -0.2) is 30.9 Å². The van der Waals surface area contributed by atoms with Crippen LogP contribution >= 0.6 is 0 Å². The van der Waals surface area contributed by atoms with Crippen LogP contribution in [0.15, 0.2) is 0 Å². The Bertz CT molecular complexity index is 705. The molecule has 0 atom stereocenters. The Morgan fingerprint density at radius 1 is 0.297 bits per heavy atom. The topological polar surface area (TPSA) is 0 Å². The first-order chi connectivity index (χ1) is 16.8. The van der Waals surface area contributed by atoms with Crippen molar-refractivity contribution in [3.05, 3.63) is 0 Å². The van der Waals surface area contributed by atoms with Gasteiger partial charge in [-0.05, 0) is 49.9 Å². The molecule has 210 valence electrons. The summed E-state index contributed by atoms with van der Waals surface area (Å²) < 4.78 is 0. The predicted octanol–water partition coefficient (Wildman–Crippen LogP) is 10.8. The molecular weight excluding hydrogens is 491 g/mol. The third-order valence-corrected chi connectivity index (χ3v) is 28.8. The van der Waals surface area contributed by atoms with Gasteiger partial charge in [-0.15, -0.1) is 34.1 Å². The third kappa shape index (κ3) is 7.74. The van der Waals surface area contributed by atoms with Gasteiger partial charge in [0, 0.05) is 0 Å². The fourth-order valence-corrected chi connectivity index (χ4v) is 23.8. The zero-order valence-electron chi connectivity index (χ0n) is 28.3. The molecule has 0 N–H and O–H groups in total. The molecule has 0 aromatic heterocycles. The first kappa shape index (κ1) is 36.4. The Balaban J connectivity index is 7.41. The van der Waals surface area contributed by atoms with Crippen molar-refractivity contribution in [3.63, 3.8) is 0 Å². The lowest BCUT2D eigenvalue weighted by molar-refractivity contribution is 0.838. The minimum Gasteiger partial charge on any atom is -0.140 e. The summed E-state index contributed by atoms with van der Waals surface area (Å²) in [5.41, 5.74) is 17.5. The van der Waals surface area contributed by atoms with Crippen molar-refractivity contribution in [2.24, 2.45) is 0 Å². The van der Waals surface area contributed by atoms with Crippen molar-refractivity contribution in [1.82, 2.24) is 0 Å². The Labute approximate surface area is 238 Å². The van der Waals surface area contributed by atoms with Gasteiger partial charge in [0.05, 0.1) is 0 Å². The molecule has 0 aromatic carbocycles. The van der Waals surface area contributed by atoms with Crippen LogP contribution in [0, 0.1) is 34.1 Å². The smallest absolute Gasteiger partial charge is 0.140 e. The quantitative estimate of drug-likeness (QED) is 0.196. The Hall–Kier alpha value is -0.604. The largest absolute Gasteiger partial charge is 0.393 e. The van der Waals surface area contributed by atoms with E-state index in [0.717, 1.165) is 0 Å². The van der Waals surface area contributed by atoms with Crippen molar-refractivity contribution >= 4 is 30.9 Å². The van der Waals surface area contributed by atoms with Crippen molar-refractivity contribution in [2.45, 2.75) is 174 Å². The van der Waals surface area contributed by atoms with Crippen molar-refractivity contribution in [1.29, 1.82) is 0 Å². The molecule has 0 aromatic rings. The molecule has 0 spiro atoms. The fraction of sp³-hybridized carbons (Fsp3) is 0.818. The molecule has 0 aliphatic rings. The Morgan fingerprint density at radius 3 is 0.541 bits per heavy atom. The van der Waals surface area contributed by atoms with Crippen LogP contribution in [0.3, 0.4) is 0 Å². The second-order valence-corrected chi connectivity index (χ2v) is 31.2. The van der Waals surface area contributed by atoms with Gasteiger partial charge in [0.25, 0.3) is 0 Å². The minimum atomic E-state index is -1.85. The van der Waals surface area contributed by atoms with E-state index in [4.69, 9.17) is 0 Å². The van der Waals surface area contributed by atoms with Gasteiger partial charge in [0.15, 0.2) is 0 Å². The van der Waals surface area contributed by atoms with Crippen LogP contribution in [0.25, 0.3) is 0 Å². The van der Waals surface area contributed by atoms with Gasteiger partial charge in [-0.25, -0.2) is 0 Å². The molecule has 0 bridgehead atoms. The molecule has 0 fully saturated rings. The summed E-state index contributed by atoms with van der Waals surface area (Å²) >= 11 is 0. The SMILES string of the molecule is CC(C)[Si](C#CB(C#C[Si](C(C)C)(C(C)C)C(C)C)C#C[Si](C(C)C)(C(C)C)C(C)C)(C(C)C)C(C)C. The van der Waals surface area contributed by atoms with E-state index in [1.54, 1.807) is 0 Å². The van der Waals surface area contributed by atoms with E-state index < -0.39 is 24.2 Å². The molecule has 0 saturated heterocycles. The fourth-order valence-electron chi connectivity index (χ4n) is 8.00. The maximum absolute atomic E-state index is 3.99. The van der Waals surface area contributed by atoms with E-state index in [2.05, 4.69) is 159 Å². The van der Waals surface area contributed by atoms with E-state index in [0.29, 0.717) is 49.9 Å². The van der Waals surface area contributed by atoms with E-state index in [9.17, 15) is 0 Å². The van der Waals surface area contributed by atoms with Gasteiger partial charge in [-0.2, -0.15) is 0 Å². The highest BCUT2D eigenvalue weighted by Gasteiger charge is 2.44. The first-order valence-corrected chi connectivity index (χ1v) is 22.1. The average molecular weight is 555 g/mol. The molecule has 4 heteroatoms. The Morgan fingerprint density at radius 2 is 0.432 bits per heavy atom. The van der Waals surface area contributed by atoms with Crippen LogP contribution in [0.1, 0.15) is 125 Å². The van der Waals surface area contributed by atoms with E-state index in [-0.39, 0.29) is 6.71 Å². The molecular formula is C33H63BSi3. The zero-order valence-corrected chi connectivity index (χ0v) is 31.3. The maximum Gasteiger partial charge on any atom is 0.393 e. The molecule has 0 unspecified atom stereocenters. The number of rotatable bonds is 9. The van der Waals surface area contributed by atoms with Gasteiger partial charge in [0.1, 0.15) is 24.2 Å². The summed E-state index contributed by atoms with van der Waals surface area (Å²) in [7, 11) is -5.54. The third-order valence-electron chi connectivity index (χ3n) is 9.90. The van der Waals surface area contributed by atoms with Gasteiger partial charge in [-0.3, -0.25) is 0 Å². The van der Waals surface area contributed by atoms with E-state index in [1.807, 2.05) is 0 Å². The van der Waals surface area contributed by atoms with Gasteiger partial charge in [-0.1, -0.05) is 125 Å². The summed E-state index contributed by atoms with van der Waals surface area (Å²) in [6.07, 6.45) is 0. The second-order valence-electron chi connectivity index (χ2n) is 14.4. The molecule has 0 aliphatic heterocycles. The minimum absolute atomic E-state index is 0.144. The lowest BCUT2D eigenvalue weighted by Crippen LogP contribution is -2.44. The Kier molecular flexibility index (Phi) is 14.4. The molecule has 0 radical (unpaired) electrons. The van der Waals surface area contributed by atoms with Crippen LogP contribution in [0.4, 0.5) is 0 Å². The normalized spacial score (nSPS) is 13.1. The molecule has 0 aliphatic carbocycles. The number of hydrogen-bond donors (Lipinski definition) is 0. The second kappa shape index (κ2) is 14.7. The molecule has 0 nitrogen and oxygen atoms in total. The maximum atomic E-state index is 3.99. The molecule has 37 heavy (non-hydrogen) atoms. The van der Waals surface area contributed by atoms with Crippen LogP contribution in [0.5, 0.6) is 0 Å². The van der Waals surface area contributed by atoms with Crippen LogP contribution in [0.2, 0.25) is 49.9 Å². The highest BCUT2D eigenvalue weighted by molar-refractivity contribution is 6.96. The van der Waals surface area contributed by atoms with Gasteiger partial charge < -0.3 is 0 Å². The molecule has 0 saturated carbocycles. The number of hydrogen-bond acceptors (Lipinski definition) is 0. The highest BCUT2D eigenvalue weighted by atomic mass is 28.3. The van der Waals surface area contributed by atoms with Crippen molar-refractivity contribution < 1.29 is 0 Å². The van der Waals surface area contributed by atoms with Crippen molar-refractivity contribution in [3.8, 4) is 34.1 Å². The van der Waals surface area contributed by atoms with Crippen LogP contribution < -0.4 is 0 Å². The van der Waals surface area contributed by atoms with Gasteiger partial charge >= 0.3 is 6.71 Å². The summed E-state index contributed by atoms with van der Waals surface area (Å²) in [4.78, 5) is 0. The predicted molar refractivity (Wildman–Crippen MR) is 182 cm³/mol. The van der Waals surface area contributed by atoms with E-state index in [1.165, 1.54) is 0 Å². The van der Waals surface area contributed by atoms with E-state index >= 15 is 0 Å². The standard InChI is InChI=1S/C33H63BSi3/c1-25(2)35(26(3)4,27(5)6)22-19-34(20-23-36(28(7)8,29(9)10)30(11)12)21-24-37(31(13)14,32(15)16)33(17)18/h25-33H,1-18H3. The summed E-state index contributed by atoms with van der Waals surface area (Å²) in [6, 6.07) is 0. The average Bonchev–Trinajstić information content (AvgIpc) is 2.71. The lowest BCUT2D eigenvalue weighted by atomic mass is 9.53. The monoisotopic (exact) mass is 554 g/mol. The molecule has 0 amide bonds.